The van der Waals surface area contributed by atoms with Gasteiger partial charge in [0.25, 0.3) is 0 Å². The van der Waals surface area contributed by atoms with E-state index in [-0.39, 0.29) is 52.6 Å². The van der Waals surface area contributed by atoms with E-state index < -0.39 is 153 Å². The third kappa shape index (κ3) is 8.66. The molecule has 4 aliphatic carbocycles. The van der Waals surface area contributed by atoms with Crippen molar-refractivity contribution in [2.24, 2.45) is 45.3 Å². The summed E-state index contributed by atoms with van der Waals surface area (Å²) in [5.41, 5.74) is -1.11. The van der Waals surface area contributed by atoms with Crippen LogP contribution in [0.2, 0.25) is 0 Å². The number of hydrogen-bond donors (Lipinski definition) is 12. The molecule has 4 saturated carbocycles. The van der Waals surface area contributed by atoms with Crippen LogP contribution in [0.3, 0.4) is 0 Å². The number of hydrogen-bond acceptors (Lipinski definition) is 22. The molecule has 0 aromatic rings. The summed E-state index contributed by atoms with van der Waals surface area (Å²) in [7, 11) is 0. The predicted molar refractivity (Wildman–Crippen MR) is 251 cm³/mol. The Kier molecular flexibility index (Phi) is 15.3. The van der Waals surface area contributed by atoms with Gasteiger partial charge in [-0.3, -0.25) is 0 Å². The van der Waals surface area contributed by atoms with Crippen LogP contribution in [0.4, 0.5) is 0 Å². The van der Waals surface area contributed by atoms with E-state index >= 15 is 0 Å². The molecule has 10 fully saturated rings. The van der Waals surface area contributed by atoms with Crippen molar-refractivity contribution in [2.45, 2.75) is 234 Å². The molecule has 10 aliphatic rings. The Morgan fingerprint density at radius 1 is 0.608 bits per heavy atom. The standard InChI is InChI=1S/C52H84O22/c1-22(2)14-23-15-50(7,74-43-37(62)32(57)25(56)19-65-43)42-24-8-9-30-48(5)12-11-31(47(3,4)29(48)10-13-49(30,6)51(24)20-52(42,73-23)66-21-51)70-46-41(72-44-38(63)34(59)27(17-54)68-44)40(35(60)28(18-55)69-46)71-45-39(64)36(61)33(58)26(16-53)67-45/h14,23-46,53-64H,8-13,15-21H2,1-7H3/t23?,24?,25-,26?,27-,28?,29?,30?,31-,32+,33+,34+,35+,36+,37?,38?,39?,40+,41?,42?,43-,44-,45-,46-,48-,49+,50+,51-,52-/m0/s1. The van der Waals surface area contributed by atoms with Gasteiger partial charge in [0, 0.05) is 24.2 Å². The van der Waals surface area contributed by atoms with Crippen LogP contribution in [-0.4, -0.2) is 229 Å². The van der Waals surface area contributed by atoms with E-state index in [0.717, 1.165) is 37.7 Å². The average molecular weight is 1060 g/mol. The Labute approximate surface area is 431 Å². The van der Waals surface area contributed by atoms with Gasteiger partial charge in [0.1, 0.15) is 85.5 Å². The van der Waals surface area contributed by atoms with Crippen LogP contribution in [0, 0.1) is 45.3 Å². The smallest absolute Gasteiger partial charge is 0.187 e. The maximum absolute atomic E-state index is 11.8. The molecule has 0 aromatic carbocycles. The van der Waals surface area contributed by atoms with Gasteiger partial charge in [-0.1, -0.05) is 39.3 Å². The molecule has 0 amide bonds. The highest BCUT2D eigenvalue weighted by atomic mass is 16.8. The second-order valence-electron chi connectivity index (χ2n) is 25.3. The Bertz CT molecular complexity index is 2030. The molecule has 22 nitrogen and oxygen atoms in total. The van der Waals surface area contributed by atoms with Crippen LogP contribution < -0.4 is 0 Å². The van der Waals surface area contributed by atoms with Gasteiger partial charge in [0.2, 0.25) is 0 Å². The van der Waals surface area contributed by atoms with Gasteiger partial charge in [0.15, 0.2) is 30.9 Å². The van der Waals surface area contributed by atoms with Crippen LogP contribution in [0.1, 0.15) is 99.8 Å². The second-order valence-corrected chi connectivity index (χ2v) is 25.3. The minimum Gasteiger partial charge on any atom is -0.394 e. The molecule has 6 saturated heterocycles. The van der Waals surface area contributed by atoms with Crippen molar-refractivity contribution in [1.29, 1.82) is 0 Å². The molecule has 0 aromatic heterocycles. The fourth-order valence-corrected chi connectivity index (χ4v) is 17.1. The summed E-state index contributed by atoms with van der Waals surface area (Å²) in [6.07, 6.45) is -20.6. The lowest BCUT2D eigenvalue weighted by atomic mass is 9.35. The summed E-state index contributed by atoms with van der Waals surface area (Å²) >= 11 is 0. The molecular weight excluding hydrogens is 977 g/mol. The lowest BCUT2D eigenvalue weighted by Gasteiger charge is -2.70. The number of aliphatic hydroxyl groups excluding tert-OH is 12. The molecule has 11 unspecified atom stereocenters. The van der Waals surface area contributed by atoms with E-state index in [1.807, 2.05) is 13.8 Å². The first-order valence-electron chi connectivity index (χ1n) is 27.0. The molecule has 10 rings (SSSR count). The van der Waals surface area contributed by atoms with Gasteiger partial charge in [-0.25, -0.2) is 0 Å². The topological polar surface area (TPSA) is 335 Å². The molecule has 0 radical (unpaired) electrons. The Morgan fingerprint density at radius 2 is 1.20 bits per heavy atom. The number of fused-ring (bicyclic) bond motifs is 4. The molecule has 424 valence electrons. The normalized spacial score (nSPS) is 56.7. The number of ether oxygens (including phenoxy) is 10. The van der Waals surface area contributed by atoms with Gasteiger partial charge in [-0.05, 0) is 93.3 Å². The van der Waals surface area contributed by atoms with E-state index in [2.05, 4.69) is 40.7 Å². The lowest BCUT2D eigenvalue weighted by molar-refractivity contribution is -0.388. The van der Waals surface area contributed by atoms with Crippen LogP contribution in [-0.2, 0) is 47.4 Å². The molecule has 29 atom stereocenters. The third-order valence-corrected chi connectivity index (χ3v) is 20.6. The van der Waals surface area contributed by atoms with E-state index in [9.17, 15) is 61.3 Å². The van der Waals surface area contributed by atoms with Gasteiger partial charge >= 0.3 is 0 Å². The van der Waals surface area contributed by atoms with Crippen LogP contribution in [0.15, 0.2) is 11.6 Å². The summed E-state index contributed by atoms with van der Waals surface area (Å²) in [6.45, 7) is 13.5. The largest absolute Gasteiger partial charge is 0.394 e. The molecular formula is C52H84O22. The minimum atomic E-state index is -1.89. The van der Waals surface area contributed by atoms with E-state index in [0.29, 0.717) is 25.9 Å². The summed E-state index contributed by atoms with van der Waals surface area (Å²) in [4.78, 5) is 0. The van der Waals surface area contributed by atoms with Crippen LogP contribution in [0.25, 0.3) is 0 Å². The Hall–Kier alpha value is -1.14. The molecule has 22 heteroatoms. The first kappa shape index (κ1) is 56.1. The van der Waals surface area contributed by atoms with Crippen LogP contribution in [0.5, 0.6) is 0 Å². The van der Waals surface area contributed by atoms with Crippen LogP contribution >= 0.6 is 0 Å². The second kappa shape index (κ2) is 20.1. The fraction of sp³-hybridized carbons (Fsp3) is 0.962. The number of rotatable bonds is 12. The molecule has 6 heterocycles. The number of allylic oxidation sites excluding steroid dienone is 1. The summed E-state index contributed by atoms with van der Waals surface area (Å²) in [5.74, 6) is -0.746. The SMILES string of the molecule is CC(C)=CC1C[C@@](C)(O[C@@H]2OC[C@H](O)[C@@H](O)C2O)C2C3CCC4[C@@]5(C)CC[C@H](O[C@@H]6OC(CO)[C@@H](O)[C@@H](O[C@@H]7OC(CO)[C@@H](O)[C@@H](O)C7O)C6O[C@@H]6O[C@@H](CO)[C@@H](O)C6O)C(C)(C)C5CC[C@@]4(C)[C@@]34CO[C@@]2(C4)O1. The van der Waals surface area contributed by atoms with E-state index in [4.69, 9.17) is 47.4 Å². The average Bonchev–Trinajstić information content (AvgIpc) is 3.97. The first-order chi connectivity index (χ1) is 34.8. The molecule has 74 heavy (non-hydrogen) atoms. The Balaban J connectivity index is 0.927. The van der Waals surface area contributed by atoms with Gasteiger partial charge < -0.3 is 109 Å². The van der Waals surface area contributed by atoms with Crippen molar-refractivity contribution in [2.75, 3.05) is 33.0 Å². The molecule has 12 N–H and O–H groups in total. The van der Waals surface area contributed by atoms with Crippen molar-refractivity contribution in [3.63, 3.8) is 0 Å². The summed E-state index contributed by atoms with van der Waals surface area (Å²) < 4.78 is 64.2. The maximum atomic E-state index is 11.8. The zero-order chi connectivity index (χ0) is 53.4. The van der Waals surface area contributed by atoms with Crippen molar-refractivity contribution in [3.05, 3.63) is 11.6 Å². The molecule has 6 aliphatic heterocycles. The minimum absolute atomic E-state index is 0.0992. The zero-order valence-electron chi connectivity index (χ0n) is 43.6. The van der Waals surface area contributed by atoms with E-state index in [1.54, 1.807) is 0 Å². The number of aliphatic hydroxyl groups is 12. The Morgan fingerprint density at radius 3 is 1.85 bits per heavy atom. The monoisotopic (exact) mass is 1060 g/mol. The maximum Gasteiger partial charge on any atom is 0.187 e. The highest BCUT2D eigenvalue weighted by Gasteiger charge is 2.81. The van der Waals surface area contributed by atoms with Crippen molar-refractivity contribution in [3.8, 4) is 0 Å². The van der Waals surface area contributed by atoms with Gasteiger partial charge in [-0.15, -0.1) is 0 Å². The van der Waals surface area contributed by atoms with Crippen molar-refractivity contribution < 1.29 is 109 Å². The van der Waals surface area contributed by atoms with Gasteiger partial charge in [0.05, 0.1) is 50.8 Å². The molecule has 2 spiro atoms. The quantitative estimate of drug-likeness (QED) is 0.0776. The fourth-order valence-electron chi connectivity index (χ4n) is 17.1. The zero-order valence-corrected chi connectivity index (χ0v) is 43.6. The van der Waals surface area contributed by atoms with Crippen molar-refractivity contribution in [1.82, 2.24) is 0 Å². The van der Waals surface area contributed by atoms with E-state index in [1.165, 1.54) is 0 Å². The molecule has 2 bridgehead atoms. The summed E-state index contributed by atoms with van der Waals surface area (Å²) in [5, 5.41) is 128. The van der Waals surface area contributed by atoms with Gasteiger partial charge in [-0.2, -0.15) is 0 Å². The highest BCUT2D eigenvalue weighted by molar-refractivity contribution is 5.27. The van der Waals surface area contributed by atoms with Crippen molar-refractivity contribution >= 4 is 0 Å². The highest BCUT2D eigenvalue weighted by Crippen LogP contribution is 2.80. The third-order valence-electron chi connectivity index (χ3n) is 20.6. The lowest BCUT2D eigenvalue weighted by Crippen LogP contribution is -2.69. The first-order valence-corrected chi connectivity index (χ1v) is 27.0. The predicted octanol–water partition coefficient (Wildman–Crippen LogP) is -1.57. The summed E-state index contributed by atoms with van der Waals surface area (Å²) in [6, 6.07) is 0.